The van der Waals surface area contributed by atoms with Gasteiger partial charge in [0.15, 0.2) is 0 Å². The molecule has 0 aromatic carbocycles. The fourth-order valence-corrected chi connectivity index (χ4v) is 2.99. The maximum Gasteiger partial charge on any atom is 0.0898 e. The van der Waals surface area contributed by atoms with Crippen molar-refractivity contribution in [3.63, 3.8) is 0 Å². The van der Waals surface area contributed by atoms with Crippen LogP contribution < -0.4 is 5.32 Å². The minimum Gasteiger partial charge on any atom is -0.394 e. The third-order valence-corrected chi connectivity index (χ3v) is 4.01. The summed E-state index contributed by atoms with van der Waals surface area (Å²) in [6.45, 7) is 2.14. The Morgan fingerprint density at radius 1 is 1.50 bits per heavy atom. The Balaban J connectivity index is 1.94. The molecule has 1 aliphatic carbocycles. The Kier molecular flexibility index (Phi) is 4.32. The van der Waals surface area contributed by atoms with Crippen LogP contribution in [0.3, 0.4) is 0 Å². The topological polar surface area (TPSA) is 45.2 Å². The molecule has 16 heavy (non-hydrogen) atoms. The van der Waals surface area contributed by atoms with E-state index in [0.29, 0.717) is 6.04 Å². The first-order valence-electron chi connectivity index (χ1n) is 6.08. The molecule has 90 valence electrons. The lowest BCUT2D eigenvalue weighted by Gasteiger charge is -2.26. The highest BCUT2D eigenvalue weighted by molar-refractivity contribution is 7.09. The Morgan fingerprint density at radius 3 is 2.81 bits per heavy atom. The number of thiazole rings is 1. The number of nitrogens with zero attached hydrogens (tertiary/aromatic N) is 1. The second-order valence-electron chi connectivity index (χ2n) is 4.53. The van der Waals surface area contributed by atoms with Crippen molar-refractivity contribution < 1.29 is 5.11 Å². The average molecular weight is 240 g/mol. The highest BCUT2D eigenvalue weighted by atomic mass is 32.1. The molecule has 2 rings (SSSR count). The lowest BCUT2D eigenvalue weighted by molar-refractivity contribution is 0.218. The Labute approximate surface area is 101 Å². The molecule has 1 aromatic heterocycles. The number of rotatable bonds is 4. The number of aliphatic hydroxyl groups excluding tert-OH is 1. The lowest BCUT2D eigenvalue weighted by atomic mass is 9.95. The number of aryl methyl sites for hydroxylation is 1. The summed E-state index contributed by atoms with van der Waals surface area (Å²) in [5.74, 6) is 0. The van der Waals surface area contributed by atoms with Crippen LogP contribution in [0.5, 0.6) is 0 Å². The van der Waals surface area contributed by atoms with E-state index in [1.54, 1.807) is 11.3 Å². The molecule has 0 spiro atoms. The fourth-order valence-electron chi connectivity index (χ4n) is 2.33. The first kappa shape index (κ1) is 12.0. The van der Waals surface area contributed by atoms with E-state index in [4.69, 9.17) is 0 Å². The molecule has 0 saturated heterocycles. The van der Waals surface area contributed by atoms with E-state index in [0.717, 1.165) is 10.7 Å². The van der Waals surface area contributed by atoms with Crippen molar-refractivity contribution in [2.24, 2.45) is 0 Å². The van der Waals surface area contributed by atoms with Gasteiger partial charge >= 0.3 is 0 Å². The van der Waals surface area contributed by atoms with Gasteiger partial charge in [0.1, 0.15) is 0 Å². The molecule has 1 saturated carbocycles. The van der Waals surface area contributed by atoms with Crippen molar-refractivity contribution in [3.8, 4) is 0 Å². The zero-order valence-corrected chi connectivity index (χ0v) is 10.6. The molecule has 2 N–H and O–H groups in total. The molecule has 1 aliphatic rings. The number of aliphatic hydroxyl groups is 1. The van der Waals surface area contributed by atoms with Crippen LogP contribution in [0.25, 0.3) is 0 Å². The summed E-state index contributed by atoms with van der Waals surface area (Å²) in [6, 6.07) is 0.584. The highest BCUT2D eigenvalue weighted by Gasteiger charge is 2.19. The van der Waals surface area contributed by atoms with E-state index < -0.39 is 0 Å². The minimum atomic E-state index is 0.0213. The van der Waals surface area contributed by atoms with Crippen molar-refractivity contribution in [1.82, 2.24) is 10.3 Å². The average Bonchev–Trinajstić information content (AvgIpc) is 2.74. The molecule has 1 unspecified atom stereocenters. The molecule has 0 amide bonds. The van der Waals surface area contributed by atoms with Gasteiger partial charge in [0.25, 0.3) is 0 Å². The third kappa shape index (κ3) is 3.03. The molecule has 1 heterocycles. The predicted molar refractivity (Wildman–Crippen MR) is 66.7 cm³/mol. The normalized spacial score (nSPS) is 19.9. The van der Waals surface area contributed by atoms with E-state index >= 15 is 0 Å². The molecule has 1 atom stereocenters. The summed E-state index contributed by atoms with van der Waals surface area (Å²) < 4.78 is 0. The van der Waals surface area contributed by atoms with Gasteiger partial charge in [-0.05, 0) is 19.8 Å². The quantitative estimate of drug-likeness (QED) is 0.849. The van der Waals surface area contributed by atoms with E-state index in [1.165, 1.54) is 32.1 Å². The third-order valence-electron chi connectivity index (χ3n) is 3.22. The molecular formula is C12H20N2OS. The van der Waals surface area contributed by atoms with Gasteiger partial charge in [-0.15, -0.1) is 11.3 Å². The van der Waals surface area contributed by atoms with Gasteiger partial charge in [0.2, 0.25) is 0 Å². The van der Waals surface area contributed by atoms with Crippen molar-refractivity contribution in [3.05, 3.63) is 16.1 Å². The number of nitrogens with one attached hydrogen (secondary N) is 1. The van der Waals surface area contributed by atoms with E-state index in [2.05, 4.69) is 10.3 Å². The standard InChI is InChI=1S/C12H20N2OS/c1-9-13-12(8-16-9)11(7-15)14-10-5-3-2-4-6-10/h8,10-11,14-15H,2-7H2,1H3. The zero-order chi connectivity index (χ0) is 11.4. The maximum absolute atomic E-state index is 9.42. The zero-order valence-electron chi connectivity index (χ0n) is 9.78. The summed E-state index contributed by atoms with van der Waals surface area (Å²) in [6.07, 6.45) is 6.45. The van der Waals surface area contributed by atoms with Crippen molar-refractivity contribution >= 4 is 11.3 Å². The smallest absolute Gasteiger partial charge is 0.0898 e. The number of hydrogen-bond donors (Lipinski definition) is 2. The molecular weight excluding hydrogens is 220 g/mol. The highest BCUT2D eigenvalue weighted by Crippen LogP contribution is 2.22. The van der Waals surface area contributed by atoms with E-state index in [1.807, 2.05) is 12.3 Å². The summed E-state index contributed by atoms with van der Waals surface area (Å²) in [5, 5.41) is 16.1. The second kappa shape index (κ2) is 5.75. The molecule has 0 aliphatic heterocycles. The molecule has 4 heteroatoms. The Bertz CT molecular complexity index is 321. The van der Waals surface area contributed by atoms with Crippen LogP contribution in [0.15, 0.2) is 5.38 Å². The first-order chi connectivity index (χ1) is 7.79. The van der Waals surface area contributed by atoms with Crippen LogP contribution in [-0.2, 0) is 0 Å². The summed E-state index contributed by atoms with van der Waals surface area (Å²) in [5.41, 5.74) is 0.996. The number of hydrogen-bond acceptors (Lipinski definition) is 4. The summed E-state index contributed by atoms with van der Waals surface area (Å²) >= 11 is 1.65. The lowest BCUT2D eigenvalue weighted by Crippen LogP contribution is -2.36. The fraction of sp³-hybridized carbons (Fsp3) is 0.750. The van der Waals surface area contributed by atoms with Crippen LogP contribution >= 0.6 is 11.3 Å². The maximum atomic E-state index is 9.42. The predicted octanol–water partition coefficient (Wildman–Crippen LogP) is 2.41. The molecule has 0 radical (unpaired) electrons. The SMILES string of the molecule is Cc1nc(C(CO)NC2CCCCC2)cs1. The van der Waals surface area contributed by atoms with Crippen molar-refractivity contribution in [1.29, 1.82) is 0 Å². The Morgan fingerprint density at radius 2 is 2.25 bits per heavy atom. The minimum absolute atomic E-state index is 0.0213. The largest absolute Gasteiger partial charge is 0.394 e. The van der Waals surface area contributed by atoms with Crippen LogP contribution in [0.1, 0.15) is 48.8 Å². The summed E-state index contributed by atoms with van der Waals surface area (Å²) in [4.78, 5) is 4.44. The van der Waals surface area contributed by atoms with Gasteiger partial charge in [0.05, 0.1) is 23.4 Å². The molecule has 0 bridgehead atoms. The van der Waals surface area contributed by atoms with E-state index in [9.17, 15) is 5.11 Å². The molecule has 3 nitrogen and oxygen atoms in total. The van der Waals surface area contributed by atoms with Crippen LogP contribution in [0.2, 0.25) is 0 Å². The van der Waals surface area contributed by atoms with Gasteiger partial charge in [-0.25, -0.2) is 4.98 Å². The van der Waals surface area contributed by atoms with Gasteiger partial charge in [-0.3, -0.25) is 0 Å². The monoisotopic (exact) mass is 240 g/mol. The van der Waals surface area contributed by atoms with Gasteiger partial charge in [-0.1, -0.05) is 19.3 Å². The van der Waals surface area contributed by atoms with Gasteiger partial charge < -0.3 is 10.4 Å². The molecule has 1 fully saturated rings. The van der Waals surface area contributed by atoms with Gasteiger partial charge in [-0.2, -0.15) is 0 Å². The van der Waals surface area contributed by atoms with Crippen LogP contribution in [0.4, 0.5) is 0 Å². The second-order valence-corrected chi connectivity index (χ2v) is 5.59. The first-order valence-corrected chi connectivity index (χ1v) is 6.96. The Hall–Kier alpha value is -0.450. The summed E-state index contributed by atoms with van der Waals surface area (Å²) in [7, 11) is 0. The number of aromatic nitrogens is 1. The van der Waals surface area contributed by atoms with Crippen molar-refractivity contribution in [2.75, 3.05) is 6.61 Å². The van der Waals surface area contributed by atoms with Gasteiger partial charge in [0, 0.05) is 11.4 Å². The molecule has 1 aromatic rings. The van der Waals surface area contributed by atoms with Crippen molar-refractivity contribution in [2.45, 2.75) is 51.1 Å². The van der Waals surface area contributed by atoms with E-state index in [-0.39, 0.29) is 12.6 Å². The van der Waals surface area contributed by atoms with Crippen LogP contribution in [-0.4, -0.2) is 22.7 Å². The van der Waals surface area contributed by atoms with Crippen LogP contribution in [0, 0.1) is 6.92 Å².